The van der Waals surface area contributed by atoms with Gasteiger partial charge in [0.05, 0.1) is 0 Å². The van der Waals surface area contributed by atoms with Gasteiger partial charge in [-0.05, 0) is 26.3 Å². The van der Waals surface area contributed by atoms with Crippen molar-refractivity contribution in [3.63, 3.8) is 0 Å². The minimum Gasteiger partial charge on any atom is -0.352 e. The predicted molar refractivity (Wildman–Crippen MR) is 79.3 cm³/mol. The Morgan fingerprint density at radius 3 is 2.86 bits per heavy atom. The van der Waals surface area contributed by atoms with E-state index in [-0.39, 0.29) is 23.2 Å². The van der Waals surface area contributed by atoms with E-state index in [0.29, 0.717) is 18.8 Å². The van der Waals surface area contributed by atoms with Crippen molar-refractivity contribution in [2.24, 2.45) is 0 Å². The normalized spacial score (nSPS) is 19.4. The highest BCUT2D eigenvalue weighted by Crippen LogP contribution is 2.09. The zero-order valence-electron chi connectivity index (χ0n) is 12.5. The molecule has 0 saturated carbocycles. The van der Waals surface area contributed by atoms with Crippen LogP contribution in [0.2, 0.25) is 0 Å². The van der Waals surface area contributed by atoms with Crippen LogP contribution in [-0.4, -0.2) is 46.0 Å². The number of hydrogen-bond donors (Lipinski definition) is 2. The number of amides is 1. The fraction of sp³-hybridized carbons (Fsp3) is 0.643. The van der Waals surface area contributed by atoms with E-state index in [1.54, 1.807) is 6.92 Å². The number of carbonyl (C=O) groups is 1. The van der Waals surface area contributed by atoms with Crippen molar-refractivity contribution in [1.29, 1.82) is 0 Å². The van der Waals surface area contributed by atoms with Crippen LogP contribution in [-0.2, 0) is 11.3 Å². The summed E-state index contributed by atoms with van der Waals surface area (Å²) >= 11 is 0. The van der Waals surface area contributed by atoms with E-state index in [1.165, 1.54) is 17.6 Å². The molecule has 116 valence electrons. The molecule has 1 aliphatic rings. The summed E-state index contributed by atoms with van der Waals surface area (Å²) < 4.78 is 1.22. The Morgan fingerprint density at radius 1 is 1.43 bits per heavy atom. The summed E-state index contributed by atoms with van der Waals surface area (Å²) in [5.74, 6) is -0.0203. The number of rotatable bonds is 4. The molecule has 1 aliphatic heterocycles. The van der Waals surface area contributed by atoms with Gasteiger partial charge in [-0.1, -0.05) is 0 Å². The van der Waals surface area contributed by atoms with Gasteiger partial charge in [0.1, 0.15) is 0 Å². The first-order valence-corrected chi connectivity index (χ1v) is 7.26. The fourth-order valence-electron chi connectivity index (χ4n) is 2.75. The first kappa shape index (κ1) is 15.5. The maximum Gasteiger partial charge on any atom is 0.328 e. The van der Waals surface area contributed by atoms with Crippen LogP contribution in [0.3, 0.4) is 0 Å². The maximum absolute atomic E-state index is 11.8. The van der Waals surface area contributed by atoms with Gasteiger partial charge in [0.25, 0.3) is 5.56 Å². The van der Waals surface area contributed by atoms with E-state index in [0.717, 1.165) is 25.9 Å². The zero-order valence-corrected chi connectivity index (χ0v) is 12.5. The molecule has 2 heterocycles. The number of nitrogens with one attached hydrogen (secondary N) is 2. The average molecular weight is 294 g/mol. The molecule has 0 aromatic carbocycles. The Morgan fingerprint density at radius 2 is 2.19 bits per heavy atom. The summed E-state index contributed by atoms with van der Waals surface area (Å²) in [4.78, 5) is 39.5. The van der Waals surface area contributed by atoms with E-state index in [4.69, 9.17) is 0 Å². The number of piperidine rings is 1. The quantitative estimate of drug-likeness (QED) is 0.780. The molecule has 1 saturated heterocycles. The molecule has 7 nitrogen and oxygen atoms in total. The molecule has 0 radical (unpaired) electrons. The summed E-state index contributed by atoms with van der Waals surface area (Å²) in [5, 5.41) is 2.92. The summed E-state index contributed by atoms with van der Waals surface area (Å²) in [5.41, 5.74) is -0.0629. The molecule has 21 heavy (non-hydrogen) atoms. The van der Waals surface area contributed by atoms with Gasteiger partial charge in [0.2, 0.25) is 5.91 Å². The van der Waals surface area contributed by atoms with Crippen molar-refractivity contribution in [3.05, 3.63) is 32.6 Å². The predicted octanol–water partition coefficient (Wildman–Crippen LogP) is -0.554. The third-order valence-electron chi connectivity index (χ3n) is 3.71. The maximum atomic E-state index is 11.8. The lowest BCUT2D eigenvalue weighted by molar-refractivity contribution is -0.120. The van der Waals surface area contributed by atoms with E-state index in [9.17, 15) is 14.4 Å². The molecule has 0 aliphatic carbocycles. The van der Waals surface area contributed by atoms with Crippen LogP contribution in [0.15, 0.2) is 15.7 Å². The van der Waals surface area contributed by atoms with Crippen LogP contribution in [0.25, 0.3) is 0 Å². The van der Waals surface area contributed by atoms with Gasteiger partial charge >= 0.3 is 5.69 Å². The lowest BCUT2D eigenvalue weighted by Crippen LogP contribution is -2.48. The molecule has 1 aromatic heterocycles. The van der Waals surface area contributed by atoms with Gasteiger partial charge in [0.15, 0.2) is 0 Å². The molecular weight excluding hydrogens is 272 g/mol. The van der Waals surface area contributed by atoms with E-state index in [2.05, 4.69) is 15.2 Å². The van der Waals surface area contributed by atoms with Crippen molar-refractivity contribution in [2.45, 2.75) is 39.3 Å². The van der Waals surface area contributed by atoms with Crippen LogP contribution in [0, 0.1) is 6.92 Å². The molecule has 0 spiro atoms. The summed E-state index contributed by atoms with van der Waals surface area (Å²) in [6.07, 6.45) is 1.98. The van der Waals surface area contributed by atoms with Crippen molar-refractivity contribution in [1.82, 2.24) is 19.8 Å². The molecule has 1 aromatic rings. The molecular formula is C14H22N4O3. The van der Waals surface area contributed by atoms with E-state index < -0.39 is 0 Å². The molecule has 0 unspecified atom stereocenters. The third kappa shape index (κ3) is 4.29. The second kappa shape index (κ2) is 6.71. The van der Waals surface area contributed by atoms with Crippen LogP contribution >= 0.6 is 0 Å². The monoisotopic (exact) mass is 294 g/mol. The van der Waals surface area contributed by atoms with Crippen molar-refractivity contribution >= 4 is 5.91 Å². The molecule has 2 N–H and O–H groups in total. The Bertz CT molecular complexity index is 588. The van der Waals surface area contributed by atoms with Crippen molar-refractivity contribution in [3.8, 4) is 0 Å². The Labute approximate surface area is 123 Å². The Balaban J connectivity index is 1.95. The van der Waals surface area contributed by atoms with Crippen LogP contribution in [0.1, 0.15) is 25.5 Å². The van der Waals surface area contributed by atoms with Gasteiger partial charge in [-0.3, -0.25) is 19.1 Å². The highest BCUT2D eigenvalue weighted by atomic mass is 16.2. The summed E-state index contributed by atoms with van der Waals surface area (Å²) in [6.45, 7) is 5.89. The minimum absolute atomic E-state index is 0.0203. The summed E-state index contributed by atoms with van der Waals surface area (Å²) in [7, 11) is 0. The number of aryl methyl sites for hydroxylation is 1. The largest absolute Gasteiger partial charge is 0.352 e. The first-order chi connectivity index (χ1) is 9.95. The molecule has 1 atom stereocenters. The molecule has 1 amide bonds. The smallest absolute Gasteiger partial charge is 0.328 e. The number of hydrogen-bond acceptors (Lipinski definition) is 4. The highest BCUT2D eigenvalue weighted by Gasteiger charge is 2.20. The second-order valence-electron chi connectivity index (χ2n) is 5.59. The number of likely N-dealkylation sites (tertiary alicyclic amines) is 1. The molecule has 7 heteroatoms. The fourth-order valence-corrected chi connectivity index (χ4v) is 2.75. The standard InChI is InChI=1S/C14H22N4O3/c1-10-8-13(20)18(14(21)15-10)7-6-17-5-3-4-12(9-17)16-11(2)19/h8,12H,3-7,9H2,1-2H3,(H,15,21)(H,16,19)/t12-/m1/s1. The second-order valence-corrected chi connectivity index (χ2v) is 5.59. The SMILES string of the molecule is CC(=O)N[C@@H]1CCCN(CCn2c(=O)cc(C)[nH]c2=O)C1. The van der Waals surface area contributed by atoms with Gasteiger partial charge < -0.3 is 10.3 Å². The lowest BCUT2D eigenvalue weighted by atomic mass is 10.1. The van der Waals surface area contributed by atoms with E-state index in [1.807, 2.05) is 0 Å². The molecule has 1 fully saturated rings. The number of nitrogens with zero attached hydrogens (tertiary/aromatic N) is 2. The minimum atomic E-state index is -0.365. The average Bonchev–Trinajstić information content (AvgIpc) is 2.37. The van der Waals surface area contributed by atoms with Crippen LogP contribution in [0.4, 0.5) is 0 Å². The topological polar surface area (TPSA) is 87.2 Å². The van der Waals surface area contributed by atoms with E-state index >= 15 is 0 Å². The van der Waals surface area contributed by atoms with Gasteiger partial charge in [-0.25, -0.2) is 4.79 Å². The van der Waals surface area contributed by atoms with Crippen molar-refractivity contribution < 1.29 is 4.79 Å². The number of carbonyl (C=O) groups excluding carboxylic acids is 1. The van der Waals surface area contributed by atoms with Crippen LogP contribution < -0.4 is 16.6 Å². The number of H-pyrrole nitrogens is 1. The third-order valence-corrected chi connectivity index (χ3v) is 3.71. The Hall–Kier alpha value is -1.89. The van der Waals surface area contributed by atoms with Gasteiger partial charge in [-0.15, -0.1) is 0 Å². The molecule has 0 bridgehead atoms. The van der Waals surface area contributed by atoms with Crippen molar-refractivity contribution in [2.75, 3.05) is 19.6 Å². The zero-order chi connectivity index (χ0) is 15.4. The van der Waals surface area contributed by atoms with Crippen LogP contribution in [0.5, 0.6) is 0 Å². The first-order valence-electron chi connectivity index (χ1n) is 7.26. The Kier molecular flexibility index (Phi) is 4.95. The number of aromatic nitrogens is 2. The van der Waals surface area contributed by atoms with Gasteiger partial charge in [0, 0.05) is 44.4 Å². The highest BCUT2D eigenvalue weighted by molar-refractivity contribution is 5.73. The lowest BCUT2D eigenvalue weighted by Gasteiger charge is -2.32. The number of aromatic amines is 1. The summed E-state index contributed by atoms with van der Waals surface area (Å²) in [6, 6.07) is 1.59. The molecule has 2 rings (SSSR count). The van der Waals surface area contributed by atoms with Gasteiger partial charge in [-0.2, -0.15) is 0 Å².